The maximum atomic E-state index is 12.4. The third-order valence-corrected chi connectivity index (χ3v) is 6.32. The van der Waals surface area contributed by atoms with Crippen molar-refractivity contribution in [1.82, 2.24) is 4.72 Å². The summed E-state index contributed by atoms with van der Waals surface area (Å²) in [5.41, 5.74) is 5.91. The molecule has 0 aliphatic carbocycles. The van der Waals surface area contributed by atoms with Gasteiger partial charge in [0.15, 0.2) is 0 Å². The molecule has 0 fully saturated rings. The number of halogens is 2. The lowest BCUT2D eigenvalue weighted by Crippen LogP contribution is -2.34. The molecule has 1 rings (SSSR count). The van der Waals surface area contributed by atoms with Crippen molar-refractivity contribution in [3.8, 4) is 0 Å². The van der Waals surface area contributed by atoms with Crippen molar-refractivity contribution >= 4 is 47.6 Å². The van der Waals surface area contributed by atoms with E-state index in [-0.39, 0.29) is 16.9 Å². The van der Waals surface area contributed by atoms with Crippen molar-refractivity contribution in [1.29, 1.82) is 0 Å². The molecule has 0 aromatic heterocycles. The number of aliphatic hydroxyl groups excluding tert-OH is 1. The zero-order valence-electron chi connectivity index (χ0n) is 12.0. The zero-order chi connectivity index (χ0) is 16.3. The van der Waals surface area contributed by atoms with E-state index < -0.39 is 10.0 Å². The topological polar surface area (TPSA) is 92.4 Å². The molecule has 1 aromatic carbocycles. The normalized spacial score (nSPS) is 12.6. The minimum Gasteiger partial charge on any atom is -0.399 e. The fourth-order valence-electron chi connectivity index (χ4n) is 1.84. The molecule has 0 spiro atoms. The lowest BCUT2D eigenvalue weighted by Gasteiger charge is -2.25. The summed E-state index contributed by atoms with van der Waals surface area (Å²) in [7, 11) is -3.66. The molecule has 0 saturated heterocycles. The van der Waals surface area contributed by atoms with Crippen LogP contribution in [-0.4, -0.2) is 26.7 Å². The van der Waals surface area contributed by atoms with Crippen molar-refractivity contribution in [2.24, 2.45) is 5.41 Å². The minimum absolute atomic E-state index is 0.102. The molecule has 8 heteroatoms. The third-order valence-electron chi connectivity index (χ3n) is 3.04. The molecule has 0 unspecified atom stereocenters. The average molecular weight is 444 g/mol. The Balaban J connectivity index is 2.93. The SMILES string of the molecule is CC(C)(CCCO)CNS(=O)(=O)c1c(Br)cc(N)cc1Br. The van der Waals surface area contributed by atoms with Crippen molar-refractivity contribution in [3.63, 3.8) is 0 Å². The molecule has 4 N–H and O–H groups in total. The first-order valence-corrected chi connectivity index (χ1v) is 9.51. The second-order valence-electron chi connectivity index (χ2n) is 5.63. The number of benzene rings is 1. The predicted molar refractivity (Wildman–Crippen MR) is 91.5 cm³/mol. The van der Waals surface area contributed by atoms with Gasteiger partial charge in [-0.15, -0.1) is 0 Å². The van der Waals surface area contributed by atoms with Crippen LogP contribution < -0.4 is 10.5 Å². The monoisotopic (exact) mass is 442 g/mol. The molecule has 0 heterocycles. The van der Waals surface area contributed by atoms with Crippen LogP contribution in [-0.2, 0) is 10.0 Å². The molecule has 0 radical (unpaired) electrons. The van der Waals surface area contributed by atoms with Crippen molar-refractivity contribution in [3.05, 3.63) is 21.1 Å². The fraction of sp³-hybridized carbons (Fsp3) is 0.538. The van der Waals surface area contributed by atoms with Crippen LogP contribution in [0.15, 0.2) is 26.0 Å². The van der Waals surface area contributed by atoms with Gasteiger partial charge in [-0.05, 0) is 62.2 Å². The molecule has 120 valence electrons. The molecule has 0 amide bonds. The first kappa shape index (κ1) is 18.9. The fourth-order valence-corrected chi connectivity index (χ4v) is 5.70. The van der Waals surface area contributed by atoms with E-state index in [0.717, 1.165) is 6.42 Å². The van der Waals surface area contributed by atoms with Gasteiger partial charge in [-0.3, -0.25) is 0 Å². The first-order valence-electron chi connectivity index (χ1n) is 6.44. The third kappa shape index (κ3) is 5.52. The number of rotatable bonds is 7. The molecule has 0 atom stereocenters. The zero-order valence-corrected chi connectivity index (χ0v) is 16.0. The number of anilines is 1. The van der Waals surface area contributed by atoms with Crippen LogP contribution in [0, 0.1) is 5.41 Å². The Morgan fingerprint density at radius 1 is 1.29 bits per heavy atom. The van der Waals surface area contributed by atoms with Gasteiger partial charge < -0.3 is 10.8 Å². The summed E-state index contributed by atoms with van der Waals surface area (Å²) < 4.78 is 28.3. The second-order valence-corrected chi connectivity index (χ2v) is 9.04. The predicted octanol–water partition coefficient (Wildman–Crippen LogP) is 2.87. The number of nitrogen functional groups attached to an aromatic ring is 1. The molecular formula is C13H20Br2N2O3S. The van der Waals surface area contributed by atoms with Crippen LogP contribution in [0.5, 0.6) is 0 Å². The highest BCUT2D eigenvalue weighted by Crippen LogP contribution is 2.32. The number of hydrogen-bond donors (Lipinski definition) is 3. The van der Waals surface area contributed by atoms with Crippen LogP contribution in [0.4, 0.5) is 5.69 Å². The van der Waals surface area contributed by atoms with Gasteiger partial charge >= 0.3 is 0 Å². The molecule has 0 saturated carbocycles. The van der Waals surface area contributed by atoms with Crippen LogP contribution >= 0.6 is 31.9 Å². The summed E-state index contributed by atoms with van der Waals surface area (Å²) in [6.45, 7) is 4.31. The Morgan fingerprint density at radius 3 is 2.29 bits per heavy atom. The minimum atomic E-state index is -3.66. The van der Waals surface area contributed by atoms with E-state index >= 15 is 0 Å². The van der Waals surface area contributed by atoms with Crippen molar-refractivity contribution in [2.75, 3.05) is 18.9 Å². The molecule has 5 nitrogen and oxygen atoms in total. The van der Waals surface area contributed by atoms with Gasteiger partial charge in [0.1, 0.15) is 4.90 Å². The number of hydrogen-bond acceptors (Lipinski definition) is 4. The summed E-state index contributed by atoms with van der Waals surface area (Å²) >= 11 is 6.47. The highest BCUT2D eigenvalue weighted by molar-refractivity contribution is 9.11. The Labute approximate surface area is 142 Å². The molecular weight excluding hydrogens is 424 g/mol. The summed E-state index contributed by atoms with van der Waals surface area (Å²) in [4.78, 5) is 0.134. The summed E-state index contributed by atoms with van der Waals surface area (Å²) in [5, 5.41) is 8.87. The maximum absolute atomic E-state index is 12.4. The Hall–Kier alpha value is -0.150. The van der Waals surface area contributed by atoms with Crippen LogP contribution in [0.3, 0.4) is 0 Å². The van der Waals surface area contributed by atoms with Gasteiger partial charge in [0.05, 0.1) is 0 Å². The molecule has 0 aliphatic rings. The first-order chi connectivity index (χ1) is 9.59. The number of nitrogens with two attached hydrogens (primary N) is 1. The van der Waals surface area contributed by atoms with Gasteiger partial charge in [0.25, 0.3) is 0 Å². The average Bonchev–Trinajstić information content (AvgIpc) is 2.33. The second kappa shape index (κ2) is 7.41. The van der Waals surface area contributed by atoms with Crippen LogP contribution in [0.25, 0.3) is 0 Å². The van der Waals surface area contributed by atoms with Gasteiger partial charge in [-0.1, -0.05) is 13.8 Å². The quantitative estimate of drug-likeness (QED) is 0.565. The van der Waals surface area contributed by atoms with E-state index in [4.69, 9.17) is 10.8 Å². The van der Waals surface area contributed by atoms with Gasteiger partial charge in [-0.2, -0.15) is 0 Å². The van der Waals surface area contributed by atoms with E-state index in [2.05, 4.69) is 36.6 Å². The van der Waals surface area contributed by atoms with E-state index in [1.54, 1.807) is 12.1 Å². The molecule has 0 aliphatic heterocycles. The molecule has 1 aromatic rings. The number of aliphatic hydroxyl groups is 1. The Morgan fingerprint density at radius 2 is 1.81 bits per heavy atom. The highest BCUT2D eigenvalue weighted by atomic mass is 79.9. The summed E-state index contributed by atoms with van der Waals surface area (Å²) in [5.74, 6) is 0. The van der Waals surface area contributed by atoms with Crippen molar-refractivity contribution < 1.29 is 13.5 Å². The Bertz CT molecular complexity index is 580. The summed E-state index contributed by atoms with van der Waals surface area (Å²) in [6.07, 6.45) is 1.38. The molecule has 21 heavy (non-hydrogen) atoms. The van der Waals surface area contributed by atoms with E-state index in [0.29, 0.717) is 27.6 Å². The lowest BCUT2D eigenvalue weighted by molar-refractivity contribution is 0.242. The Kier molecular flexibility index (Phi) is 6.67. The largest absolute Gasteiger partial charge is 0.399 e. The van der Waals surface area contributed by atoms with Crippen molar-refractivity contribution in [2.45, 2.75) is 31.6 Å². The number of nitrogens with one attached hydrogen (secondary N) is 1. The lowest BCUT2D eigenvalue weighted by atomic mass is 9.88. The van der Waals surface area contributed by atoms with Gasteiger partial charge in [-0.25, -0.2) is 13.1 Å². The number of sulfonamides is 1. The highest BCUT2D eigenvalue weighted by Gasteiger charge is 2.25. The van der Waals surface area contributed by atoms with Crippen LogP contribution in [0.2, 0.25) is 0 Å². The molecule has 0 bridgehead atoms. The van der Waals surface area contributed by atoms with Gasteiger partial charge in [0.2, 0.25) is 10.0 Å². The van der Waals surface area contributed by atoms with E-state index in [1.807, 2.05) is 13.8 Å². The smallest absolute Gasteiger partial charge is 0.242 e. The maximum Gasteiger partial charge on any atom is 0.242 e. The van der Waals surface area contributed by atoms with Gasteiger partial charge in [0, 0.05) is 27.8 Å². The van der Waals surface area contributed by atoms with E-state index in [1.165, 1.54) is 0 Å². The summed E-state index contributed by atoms with van der Waals surface area (Å²) in [6, 6.07) is 3.10. The standard InChI is InChI=1S/C13H20Br2N2O3S/c1-13(2,4-3-5-18)8-17-21(19,20)12-10(14)6-9(16)7-11(12)15/h6-7,17-18H,3-5,8,16H2,1-2H3. The van der Waals surface area contributed by atoms with E-state index in [9.17, 15) is 8.42 Å². The van der Waals surface area contributed by atoms with Crippen LogP contribution in [0.1, 0.15) is 26.7 Å².